The smallest absolute Gasteiger partial charge is 0.262 e. The predicted octanol–water partition coefficient (Wildman–Crippen LogP) is 5.20. The molecule has 2 N–H and O–H groups in total. The first-order valence-electron chi connectivity index (χ1n) is 9.68. The number of hydrogen-bond acceptors (Lipinski definition) is 3. The van der Waals surface area contributed by atoms with E-state index in [-0.39, 0.29) is 21.9 Å². The van der Waals surface area contributed by atoms with Gasteiger partial charge < -0.3 is 5.32 Å². The molecule has 0 aliphatic heterocycles. The molecule has 0 saturated carbocycles. The Kier molecular flexibility index (Phi) is 8.04. The van der Waals surface area contributed by atoms with Crippen LogP contribution >= 0.6 is 23.2 Å². The van der Waals surface area contributed by atoms with Gasteiger partial charge in [0.15, 0.2) is 0 Å². The van der Waals surface area contributed by atoms with Crippen molar-refractivity contribution in [3.8, 4) is 0 Å². The van der Waals surface area contributed by atoms with Crippen LogP contribution < -0.4 is 10.7 Å². The molecule has 0 unspecified atom stereocenters. The molecule has 0 fully saturated rings. The first-order chi connectivity index (χ1) is 14.0. The Bertz CT molecular complexity index is 932. The zero-order chi connectivity index (χ0) is 22.5. The molecule has 2 aromatic rings. The van der Waals surface area contributed by atoms with Crippen molar-refractivity contribution >= 4 is 41.2 Å². The summed E-state index contributed by atoms with van der Waals surface area (Å²) in [5.74, 6) is -1.01. The van der Waals surface area contributed by atoms with Crippen molar-refractivity contribution in [2.24, 2.45) is 11.0 Å². The second-order valence-electron chi connectivity index (χ2n) is 8.43. The average Bonchev–Trinajstić information content (AvgIpc) is 2.65. The van der Waals surface area contributed by atoms with Crippen LogP contribution in [0.1, 0.15) is 56.1 Å². The SMILES string of the molecule is CC(C)[C@H](NC(=O)c1ccc(Cl)cc1Cl)C(=O)N/N=C/c1ccc(C(C)(C)C)cc1. The van der Waals surface area contributed by atoms with Crippen molar-refractivity contribution in [1.82, 2.24) is 10.7 Å². The average molecular weight is 448 g/mol. The van der Waals surface area contributed by atoms with Crippen LogP contribution in [0, 0.1) is 5.92 Å². The van der Waals surface area contributed by atoms with Crippen LogP contribution in [0.5, 0.6) is 0 Å². The van der Waals surface area contributed by atoms with Crippen molar-refractivity contribution in [2.45, 2.75) is 46.1 Å². The van der Waals surface area contributed by atoms with Crippen LogP contribution in [-0.2, 0) is 10.2 Å². The first-order valence-corrected chi connectivity index (χ1v) is 10.4. The van der Waals surface area contributed by atoms with E-state index < -0.39 is 17.9 Å². The summed E-state index contributed by atoms with van der Waals surface area (Å²) in [7, 11) is 0. The molecule has 2 rings (SSSR count). The van der Waals surface area contributed by atoms with Gasteiger partial charge in [-0.25, -0.2) is 5.43 Å². The standard InChI is InChI=1S/C23H27Cl2N3O2/c1-14(2)20(27-21(29)18-11-10-17(24)12-19(18)25)22(30)28-26-13-15-6-8-16(9-7-15)23(3,4)5/h6-14,20H,1-5H3,(H,27,29)(H,28,30)/b26-13+/t20-/m0/s1. The minimum Gasteiger partial charge on any atom is -0.340 e. The molecule has 160 valence electrons. The molecule has 0 aromatic heterocycles. The Hall–Kier alpha value is -2.37. The van der Waals surface area contributed by atoms with E-state index in [2.05, 4.69) is 36.6 Å². The molecular formula is C23H27Cl2N3O2. The fourth-order valence-corrected chi connectivity index (χ4v) is 3.23. The van der Waals surface area contributed by atoms with Crippen molar-refractivity contribution in [1.29, 1.82) is 0 Å². The van der Waals surface area contributed by atoms with Gasteiger partial charge in [0.05, 0.1) is 16.8 Å². The third-order valence-corrected chi connectivity index (χ3v) is 5.12. The van der Waals surface area contributed by atoms with E-state index in [4.69, 9.17) is 23.2 Å². The summed E-state index contributed by atoms with van der Waals surface area (Å²) in [5, 5.41) is 7.39. The van der Waals surface area contributed by atoms with Crippen molar-refractivity contribution in [2.75, 3.05) is 0 Å². The highest BCUT2D eigenvalue weighted by Gasteiger charge is 2.25. The molecule has 0 saturated heterocycles. The number of hydrazone groups is 1. The molecule has 0 aliphatic rings. The lowest BCUT2D eigenvalue weighted by Crippen LogP contribution is -2.48. The van der Waals surface area contributed by atoms with Gasteiger partial charge in [-0.3, -0.25) is 9.59 Å². The van der Waals surface area contributed by atoms with Crippen molar-refractivity contribution in [3.05, 3.63) is 69.2 Å². The second kappa shape index (κ2) is 10.1. The van der Waals surface area contributed by atoms with Gasteiger partial charge in [-0.2, -0.15) is 5.10 Å². The zero-order valence-corrected chi connectivity index (χ0v) is 19.3. The van der Waals surface area contributed by atoms with E-state index in [0.29, 0.717) is 5.02 Å². The Morgan fingerprint density at radius 1 is 1.03 bits per heavy atom. The normalized spacial score (nSPS) is 12.8. The molecule has 0 aliphatic carbocycles. The Morgan fingerprint density at radius 2 is 1.67 bits per heavy atom. The van der Waals surface area contributed by atoms with E-state index in [1.165, 1.54) is 17.7 Å². The fourth-order valence-electron chi connectivity index (χ4n) is 2.74. The summed E-state index contributed by atoms with van der Waals surface area (Å²) in [6, 6.07) is 11.8. The fraction of sp³-hybridized carbons (Fsp3) is 0.348. The van der Waals surface area contributed by atoms with Gasteiger partial charge in [0.1, 0.15) is 6.04 Å². The summed E-state index contributed by atoms with van der Waals surface area (Å²) in [6.07, 6.45) is 1.57. The predicted molar refractivity (Wildman–Crippen MR) is 123 cm³/mol. The van der Waals surface area contributed by atoms with Crippen LogP contribution in [0.25, 0.3) is 0 Å². The molecule has 0 radical (unpaired) electrons. The molecule has 0 bridgehead atoms. The molecule has 2 aromatic carbocycles. The molecule has 2 amide bonds. The lowest BCUT2D eigenvalue weighted by Gasteiger charge is -2.20. The van der Waals surface area contributed by atoms with Crippen LogP contribution in [0.15, 0.2) is 47.6 Å². The van der Waals surface area contributed by atoms with Gasteiger partial charge in [0, 0.05) is 5.02 Å². The van der Waals surface area contributed by atoms with E-state index in [0.717, 1.165) is 5.56 Å². The Balaban J connectivity index is 2.03. The monoisotopic (exact) mass is 447 g/mol. The Morgan fingerprint density at radius 3 is 2.20 bits per heavy atom. The number of carbonyl (C=O) groups is 2. The summed E-state index contributed by atoms with van der Waals surface area (Å²) < 4.78 is 0. The van der Waals surface area contributed by atoms with Gasteiger partial charge >= 0.3 is 0 Å². The number of carbonyl (C=O) groups excluding carboxylic acids is 2. The minimum absolute atomic E-state index is 0.0690. The number of halogens is 2. The maximum Gasteiger partial charge on any atom is 0.262 e. The molecule has 0 spiro atoms. The summed E-state index contributed by atoms with van der Waals surface area (Å²) >= 11 is 12.0. The third-order valence-electron chi connectivity index (χ3n) is 4.58. The van der Waals surface area contributed by atoms with E-state index >= 15 is 0 Å². The highest BCUT2D eigenvalue weighted by atomic mass is 35.5. The van der Waals surface area contributed by atoms with Crippen molar-refractivity contribution < 1.29 is 9.59 Å². The lowest BCUT2D eigenvalue weighted by atomic mass is 9.87. The lowest BCUT2D eigenvalue weighted by molar-refractivity contribution is -0.123. The number of nitrogens with zero attached hydrogens (tertiary/aromatic N) is 1. The number of hydrogen-bond donors (Lipinski definition) is 2. The molecule has 1 atom stereocenters. The number of benzene rings is 2. The largest absolute Gasteiger partial charge is 0.340 e. The van der Waals surface area contributed by atoms with Gasteiger partial charge in [-0.15, -0.1) is 0 Å². The third kappa shape index (κ3) is 6.57. The number of rotatable bonds is 6. The highest BCUT2D eigenvalue weighted by molar-refractivity contribution is 6.36. The van der Waals surface area contributed by atoms with E-state index in [1.807, 2.05) is 38.1 Å². The van der Waals surface area contributed by atoms with Crippen LogP contribution in [0.2, 0.25) is 10.0 Å². The minimum atomic E-state index is -0.773. The van der Waals surface area contributed by atoms with Gasteiger partial charge in [0.2, 0.25) is 0 Å². The van der Waals surface area contributed by atoms with Gasteiger partial charge in [-0.05, 0) is 40.7 Å². The van der Waals surface area contributed by atoms with E-state index in [1.54, 1.807) is 12.3 Å². The maximum absolute atomic E-state index is 12.6. The molecule has 0 heterocycles. The Labute approximate surface area is 187 Å². The molecule has 30 heavy (non-hydrogen) atoms. The van der Waals surface area contributed by atoms with Crippen molar-refractivity contribution in [3.63, 3.8) is 0 Å². The van der Waals surface area contributed by atoms with Gasteiger partial charge in [0.25, 0.3) is 11.8 Å². The topological polar surface area (TPSA) is 70.6 Å². The molecule has 7 heteroatoms. The first kappa shape index (κ1) is 23.9. The number of nitrogens with one attached hydrogen (secondary N) is 2. The van der Waals surface area contributed by atoms with Crippen LogP contribution in [0.4, 0.5) is 0 Å². The second-order valence-corrected chi connectivity index (χ2v) is 9.27. The van der Waals surface area contributed by atoms with Crippen LogP contribution in [-0.4, -0.2) is 24.1 Å². The summed E-state index contributed by atoms with van der Waals surface area (Å²) in [6.45, 7) is 10.1. The molecule has 5 nitrogen and oxygen atoms in total. The highest BCUT2D eigenvalue weighted by Crippen LogP contribution is 2.22. The quantitative estimate of drug-likeness (QED) is 0.471. The number of amides is 2. The maximum atomic E-state index is 12.6. The molecular weight excluding hydrogens is 421 g/mol. The zero-order valence-electron chi connectivity index (χ0n) is 17.8. The van der Waals surface area contributed by atoms with E-state index in [9.17, 15) is 9.59 Å². The van der Waals surface area contributed by atoms with Crippen LogP contribution in [0.3, 0.4) is 0 Å². The summed E-state index contributed by atoms with van der Waals surface area (Å²) in [5.41, 5.74) is 4.90. The van der Waals surface area contributed by atoms with Gasteiger partial charge in [-0.1, -0.05) is 82.1 Å². The summed E-state index contributed by atoms with van der Waals surface area (Å²) in [4.78, 5) is 25.1.